The van der Waals surface area contributed by atoms with Crippen LogP contribution in [0.3, 0.4) is 0 Å². The highest BCUT2D eigenvalue weighted by Gasteiger charge is 2.64. The molecule has 12 rings (SSSR count). The first-order chi connectivity index (χ1) is 51.6. The third-order valence-corrected chi connectivity index (χ3v) is 21.1. The van der Waals surface area contributed by atoms with E-state index in [4.69, 9.17) is 58.0 Å². The first-order valence-corrected chi connectivity index (χ1v) is 37.1. The Bertz CT molecular complexity index is 4490. The Morgan fingerprint density at radius 3 is 1.57 bits per heavy atom. The number of rotatable bonds is 23. The minimum Gasteiger partial charge on any atom is -0.461 e. The smallest absolute Gasteiger partial charge is 0.461 e. The summed E-state index contributed by atoms with van der Waals surface area (Å²) in [4.78, 5) is 46.5. The van der Waals surface area contributed by atoms with Gasteiger partial charge in [0.05, 0.1) is 36.0 Å². The molecule has 588 valence electrons. The number of fused-ring (bicyclic) bond motifs is 3. The number of nitriles is 2. The average molecular weight is 1570 g/mol. The van der Waals surface area contributed by atoms with E-state index in [1.54, 1.807) is 79.0 Å². The number of nitro groups is 1. The van der Waals surface area contributed by atoms with Crippen molar-refractivity contribution in [3.05, 3.63) is 143 Å². The molecule has 5 aliphatic rings. The van der Waals surface area contributed by atoms with Crippen LogP contribution >= 0.6 is 15.5 Å². The molecular formula is C67H79F6N15O19P2. The number of benzene rings is 3. The zero-order valence-corrected chi connectivity index (χ0v) is 60.6. The monoisotopic (exact) mass is 1570 g/mol. The normalized spacial score (nSPS) is 26.0. The third kappa shape index (κ3) is 20.6. The highest BCUT2D eigenvalue weighted by Crippen LogP contribution is 2.52. The molecule has 5 fully saturated rings. The number of halogens is 6. The van der Waals surface area contributed by atoms with Gasteiger partial charge in [-0.25, -0.2) is 28.1 Å². The lowest BCUT2D eigenvalue weighted by Gasteiger charge is -2.28. The number of likely N-dealkylation sites (tertiary alicyclic amines) is 2. The van der Waals surface area contributed by atoms with Crippen LogP contribution in [0.4, 0.5) is 43.7 Å². The van der Waals surface area contributed by atoms with Crippen LogP contribution in [-0.2, 0) is 51.7 Å². The molecule has 34 nitrogen and oxygen atoms in total. The number of carbonyl (C=O) groups is 2. The van der Waals surface area contributed by atoms with Crippen LogP contribution in [0, 0.1) is 32.8 Å². The fraction of sp³-hybridized carbons (Fsp3) is 0.493. The summed E-state index contributed by atoms with van der Waals surface area (Å²) >= 11 is 0. The van der Waals surface area contributed by atoms with Crippen molar-refractivity contribution in [2.24, 2.45) is 0 Å². The predicted octanol–water partition coefficient (Wildman–Crippen LogP) is 7.77. The van der Waals surface area contributed by atoms with Gasteiger partial charge in [0, 0.05) is 25.2 Å². The van der Waals surface area contributed by atoms with Gasteiger partial charge >= 0.3 is 39.8 Å². The van der Waals surface area contributed by atoms with Gasteiger partial charge in [-0.1, -0.05) is 36.4 Å². The van der Waals surface area contributed by atoms with Gasteiger partial charge in [-0.15, -0.1) is 0 Å². The van der Waals surface area contributed by atoms with E-state index in [9.17, 15) is 81.0 Å². The fourth-order valence-corrected chi connectivity index (χ4v) is 15.7. The maximum absolute atomic E-state index is 14.1. The van der Waals surface area contributed by atoms with E-state index in [0.717, 1.165) is 12.1 Å². The molecule has 0 spiro atoms. The molecule has 109 heavy (non-hydrogen) atoms. The molecule has 42 heteroatoms. The molecule has 9 N–H and O–H groups in total. The van der Waals surface area contributed by atoms with Gasteiger partial charge in [-0.2, -0.15) is 57.2 Å². The molecule has 9 heterocycles. The number of alkyl halides is 6. The maximum atomic E-state index is 14.1. The number of aliphatic hydroxyl groups excluding tert-OH is 3. The maximum Gasteiger partial charge on any atom is 0.513 e. The summed E-state index contributed by atoms with van der Waals surface area (Å²) in [6, 6.07) is 28.6. The van der Waals surface area contributed by atoms with Crippen LogP contribution in [0.5, 0.6) is 17.2 Å². The standard InChI is InChI=1S/C29H35F3N7O8P.C23H27F3N3O7P.C15H17N5O4/c1-18(27(42)45-19-8-5-12-38(13-11-19)15-29(30,31)32)37-48(43,47-20-6-3-2-4-7-20)44-16-28(14-33)25(41)23(40)24(46-28)21-9-10-22-26(34)35-17-36-39(21)22;1-17(22(30)34-19-8-5-14-28(15-13-19)16-23(24,25)26)27-37(33,35-20-6-3-2-4-7-20)36-21-11-9-18(10-12-21)29(31)32;1-14(2)22-11-10(23-15(5-16,6-21)12(11)24-14)8-3-4-9-13(17)18-7-19-20(8)9/h2-4,6-7,9-10,17-19,23-25,40-41H,5,8,11-13,15-16H2,1H3,(H,37,43)(H2,34,35,36);2-4,6-7,9-12,17,19H,5,8,13-16H2,1H3,(H,27,33);3-4,7,10-12,21H,6H2,1-2H3,(H2,17,18,19)/t18-,19?,23-,24-,25-,28+,48?;17-,19?,37?;10-,11-,12-,15+/m000/s1. The number of nitrogens with zero attached hydrogens (tertiary/aromatic N) is 11. The van der Waals surface area contributed by atoms with Crippen molar-refractivity contribution in [1.82, 2.24) is 49.2 Å². The number of nitrogens with one attached hydrogen (secondary N) is 2. The van der Waals surface area contributed by atoms with Crippen molar-refractivity contribution in [2.75, 3.05) is 63.9 Å². The largest absolute Gasteiger partial charge is 0.513 e. The van der Waals surface area contributed by atoms with E-state index in [2.05, 4.69) is 30.3 Å². The Hall–Kier alpha value is -9.22. The van der Waals surface area contributed by atoms with Gasteiger partial charge < -0.3 is 68.8 Å². The number of nitrogens with two attached hydrogens (primary N) is 2. The van der Waals surface area contributed by atoms with Crippen LogP contribution in [0.2, 0.25) is 0 Å². The molecule has 14 atom stereocenters. The summed E-state index contributed by atoms with van der Waals surface area (Å²) in [6.07, 6.45) is -12.2. The molecule has 0 amide bonds. The highest BCUT2D eigenvalue weighted by molar-refractivity contribution is 7.52. The second-order valence-corrected chi connectivity index (χ2v) is 29.8. The quantitative estimate of drug-likeness (QED) is 0.0106. The van der Waals surface area contributed by atoms with Crippen LogP contribution in [0.25, 0.3) is 11.0 Å². The van der Waals surface area contributed by atoms with Gasteiger partial charge in [0.15, 0.2) is 17.4 Å². The molecule has 3 aromatic carbocycles. The molecule has 7 aromatic rings. The first-order valence-electron chi connectivity index (χ1n) is 34.1. The lowest BCUT2D eigenvalue weighted by Crippen LogP contribution is -2.46. The number of hydrogen-bond acceptors (Lipinski definition) is 29. The van der Waals surface area contributed by atoms with Gasteiger partial charge in [0.2, 0.25) is 11.2 Å². The lowest BCUT2D eigenvalue weighted by molar-refractivity contribution is -0.384. The summed E-state index contributed by atoms with van der Waals surface area (Å²) in [7, 11) is -8.84. The number of hydrogen-bond donors (Lipinski definition) is 7. The van der Waals surface area contributed by atoms with Crippen molar-refractivity contribution < 1.29 is 112 Å². The summed E-state index contributed by atoms with van der Waals surface area (Å²) in [5.74, 6) is -1.82. The van der Waals surface area contributed by atoms with Crippen molar-refractivity contribution in [2.45, 2.75) is 156 Å². The molecule has 5 saturated heterocycles. The number of anilines is 2. The molecule has 5 aliphatic heterocycles. The molecule has 0 bridgehead atoms. The van der Waals surface area contributed by atoms with Gasteiger partial charge in [-0.05, 0) is 140 Å². The van der Waals surface area contributed by atoms with Crippen molar-refractivity contribution >= 4 is 55.8 Å². The van der Waals surface area contributed by atoms with Crippen molar-refractivity contribution in [3.63, 3.8) is 0 Å². The van der Waals surface area contributed by atoms with E-state index in [1.807, 2.05) is 6.07 Å². The topological polar surface area (TPSA) is 455 Å². The number of nitro benzene ring substituents is 1. The number of carbonyl (C=O) groups excluding carboxylic acids is 2. The van der Waals surface area contributed by atoms with Gasteiger partial charge in [0.25, 0.3) is 5.69 Å². The summed E-state index contributed by atoms with van der Waals surface area (Å²) in [5, 5.41) is 75.7. The Kier molecular flexibility index (Phi) is 25.9. The molecular weight excluding hydrogens is 1490 g/mol. The number of aromatic nitrogens is 6. The van der Waals surface area contributed by atoms with E-state index >= 15 is 0 Å². The zero-order chi connectivity index (χ0) is 78.9. The van der Waals surface area contributed by atoms with Crippen LogP contribution in [0.15, 0.2) is 122 Å². The molecule has 0 aliphatic carbocycles. The van der Waals surface area contributed by atoms with Crippen LogP contribution < -0.4 is 35.2 Å². The van der Waals surface area contributed by atoms with Crippen molar-refractivity contribution in [1.29, 1.82) is 10.5 Å². The minimum absolute atomic E-state index is 0.00791. The molecule has 0 saturated carbocycles. The summed E-state index contributed by atoms with van der Waals surface area (Å²) < 4.78 is 164. The second kappa shape index (κ2) is 34.4. The first kappa shape index (κ1) is 82.3. The number of para-hydroxylation sites is 2. The van der Waals surface area contributed by atoms with Gasteiger partial charge in [0.1, 0.15) is 121 Å². The van der Waals surface area contributed by atoms with Gasteiger partial charge in [-0.3, -0.25) is 34.0 Å². The molecule has 4 aromatic heterocycles. The van der Waals surface area contributed by atoms with Crippen molar-refractivity contribution in [3.8, 4) is 29.4 Å². The lowest BCUT2D eigenvalue weighted by atomic mass is 9.96. The number of ether oxygens (including phenoxy) is 6. The summed E-state index contributed by atoms with van der Waals surface area (Å²) in [6.45, 7) is 3.39. The van der Waals surface area contributed by atoms with Crippen LogP contribution in [0.1, 0.15) is 89.8 Å². The van der Waals surface area contributed by atoms with Crippen LogP contribution in [-0.4, -0.2) is 202 Å². The average Bonchev–Trinajstić information content (AvgIpc) is 1.57. The number of nitrogen functional groups attached to an aromatic ring is 2. The Balaban J connectivity index is 0.000000184. The molecule has 4 unspecified atom stereocenters. The SMILES string of the molecule is CC1(C)O[C@H]2[C@H](c3ccc4c(N)ncnn34)O[C@](C#N)(CO)[C@H]2O1.C[C@H](NP(=O)(OC[C@@]1(C#N)O[C@@H](c2ccc3c(N)ncnn23)[C@H](O)[C@@H]1O)Oc1ccccc1)C(=O)OC1CCCN(CC(F)(F)F)CC1.C[C@H](NP(=O)(Oc1ccccc1)Oc1ccc([N+](=O)[O-])cc1)C(=O)OC1CCCN(CC(F)(F)F)CC1. The van der Waals surface area contributed by atoms with E-state index in [-0.39, 0.29) is 73.5 Å². The highest BCUT2D eigenvalue weighted by atomic mass is 31.2. The fourth-order valence-electron chi connectivity index (χ4n) is 12.6. The number of esters is 2. The van der Waals surface area contributed by atoms with E-state index < -0.39 is 149 Å². The van der Waals surface area contributed by atoms with E-state index in [0.29, 0.717) is 48.2 Å². The summed E-state index contributed by atoms with van der Waals surface area (Å²) in [5.41, 5.74) is 9.70. The predicted molar refractivity (Wildman–Crippen MR) is 369 cm³/mol. The number of aliphatic hydroxyl groups is 3. The van der Waals surface area contributed by atoms with E-state index in [1.165, 1.54) is 83.3 Å². The Labute approximate surface area is 618 Å². The second-order valence-electron chi connectivity index (χ2n) is 26.5. The molecule has 0 radical (unpaired) electrons. The third-order valence-electron chi connectivity index (χ3n) is 17.9. The number of non-ortho nitro benzene ring substituents is 1. The minimum atomic E-state index is -4.58. The Morgan fingerprint density at radius 1 is 0.661 bits per heavy atom. The zero-order valence-electron chi connectivity index (χ0n) is 58.8. The Morgan fingerprint density at radius 2 is 1.11 bits per heavy atom.